The zero-order valence-corrected chi connectivity index (χ0v) is 46.1. The van der Waals surface area contributed by atoms with Gasteiger partial charge in [0.2, 0.25) is 0 Å². The lowest BCUT2D eigenvalue weighted by molar-refractivity contribution is -0.336. The highest BCUT2D eigenvalue weighted by Gasteiger charge is 2.52. The monoisotopic (exact) mass is 1040 g/mol. The molecule has 9 rings (SSSR count). The highest BCUT2D eigenvalue weighted by Crippen LogP contribution is 2.51. The Kier molecular flexibility index (Phi) is 16.3. The lowest BCUT2D eigenvalue weighted by atomic mass is 9.77. The van der Waals surface area contributed by atoms with Crippen LogP contribution in [0.1, 0.15) is 117 Å². The van der Waals surface area contributed by atoms with Gasteiger partial charge in [-0.2, -0.15) is 0 Å². The van der Waals surface area contributed by atoms with Crippen molar-refractivity contribution in [3.05, 3.63) is 58.0 Å². The average Bonchev–Trinajstić information content (AvgIpc) is 3.85. The second-order valence-corrected chi connectivity index (χ2v) is 23.1. The quantitative estimate of drug-likeness (QED) is 0.141. The molecular formula is C57H79N5O13. The van der Waals surface area contributed by atoms with E-state index in [1.54, 1.807) is 32.1 Å². The predicted octanol–water partition coefficient (Wildman–Crippen LogP) is 6.80. The lowest BCUT2D eigenvalue weighted by Crippen LogP contribution is -2.56. The van der Waals surface area contributed by atoms with Gasteiger partial charge in [0.15, 0.2) is 11.5 Å². The molecule has 18 heteroatoms. The van der Waals surface area contributed by atoms with Crippen LogP contribution in [0.3, 0.4) is 0 Å². The molecule has 7 bridgehead atoms. The SMILES string of the molecule is CO[C@H]1/C=C/O[C@@]2(C)Oc3c(C)c(O)c4c(O)c(c5c(c4c3C2=O)NC2(CCN(CC(C)C)CC2)N=5)=NC(=O)/C(C)=C\C=C\[C@H](C)[C@@H]2OC(C)(C)O[C@@H]([C@@H](C)[C@H](OC(=O)CC(=O)OCC3CCCN(C)C3)[C@@H]1C)[C@@H]2C. The number of hydrogen-bond donors (Lipinski definition) is 3. The van der Waals surface area contributed by atoms with Crippen molar-refractivity contribution >= 4 is 40.1 Å². The van der Waals surface area contributed by atoms with Crippen LogP contribution in [-0.4, -0.2) is 139 Å². The Morgan fingerprint density at radius 1 is 0.920 bits per heavy atom. The standard InChI is InChI=1S/C57H79N5O13/c1-30(2)27-62-23-20-57(21-24-62)59-44-41-42-47(65)34(6)52-43(41)53(67)56(11,75-52)71-25-19-38(69-13)33(5)50(72-40(64)26-39(63)70-29-37-18-15-22-61(12)28-37)36(8)51-35(7)49(73-55(9,10)74-51)31(3)16-14-17-32(4)54(68)58-46(48(42)66)45(44)60-57/h14,16-17,19,25,30-31,33,35-38,49-51,59,65-66H,15,18,20-24,26-29H2,1-13H3/b16-14+,25-19+,32-17-,58-46?/t31-,33+,35+,36-,37?,38-,49-,50+,51+,56-/m0/s1. The minimum absolute atomic E-state index is 0.0521. The first-order chi connectivity index (χ1) is 35.4. The van der Waals surface area contributed by atoms with Crippen LogP contribution < -0.4 is 20.8 Å². The number of aromatic hydroxyl groups is 2. The van der Waals surface area contributed by atoms with Crippen molar-refractivity contribution in [1.29, 1.82) is 0 Å². The number of benzene rings is 2. The van der Waals surface area contributed by atoms with Crippen LogP contribution >= 0.6 is 0 Å². The molecule has 1 unspecified atom stereocenters. The molecule has 0 aromatic heterocycles. The average molecular weight is 1040 g/mol. The number of nitrogens with one attached hydrogen (secondary N) is 1. The predicted molar refractivity (Wildman–Crippen MR) is 280 cm³/mol. The van der Waals surface area contributed by atoms with Gasteiger partial charge in [0.05, 0.1) is 47.8 Å². The van der Waals surface area contributed by atoms with E-state index in [9.17, 15) is 24.6 Å². The molecule has 10 atom stereocenters. The van der Waals surface area contributed by atoms with Crippen LogP contribution in [0.25, 0.3) is 10.8 Å². The number of fused-ring (bicyclic) bond motifs is 9. The Morgan fingerprint density at radius 2 is 1.63 bits per heavy atom. The highest BCUT2D eigenvalue weighted by molar-refractivity contribution is 6.21. The number of ether oxygens (including phenoxy) is 7. The summed E-state index contributed by atoms with van der Waals surface area (Å²) < 4.78 is 44.0. The number of phenols is 2. The van der Waals surface area contributed by atoms with Crippen LogP contribution in [0.15, 0.2) is 46.1 Å². The Morgan fingerprint density at radius 3 is 2.31 bits per heavy atom. The number of carbonyl (C=O) groups is 4. The minimum Gasteiger partial charge on any atom is -0.507 e. The van der Waals surface area contributed by atoms with Crippen molar-refractivity contribution in [3.63, 3.8) is 0 Å². The summed E-state index contributed by atoms with van der Waals surface area (Å²) in [6, 6.07) is 0. The minimum atomic E-state index is -1.98. The maximum atomic E-state index is 15.0. The number of nitrogens with zero attached hydrogens (tertiary/aromatic N) is 4. The number of ketones is 1. The summed E-state index contributed by atoms with van der Waals surface area (Å²) in [5.74, 6) is -7.55. The molecular weight excluding hydrogens is 963 g/mol. The van der Waals surface area contributed by atoms with Crippen LogP contribution in [0.2, 0.25) is 0 Å². The number of likely N-dealkylation sites (tertiary alicyclic amines) is 2. The fraction of sp³-hybridized carbons (Fsp3) is 0.649. The number of phenolic OH excluding ortho intramolecular Hbond substituents is 2. The number of Topliss-reactive ketones (excluding diaryl/α,β-unsaturated/α-hetero) is 1. The maximum absolute atomic E-state index is 15.0. The molecule has 0 saturated carbocycles. The third-order valence-electron chi connectivity index (χ3n) is 16.1. The van der Waals surface area contributed by atoms with Crippen molar-refractivity contribution in [2.75, 3.05) is 58.8 Å². The van der Waals surface area contributed by atoms with Gasteiger partial charge in [-0.25, -0.2) is 4.99 Å². The van der Waals surface area contributed by atoms with Crippen molar-refractivity contribution in [3.8, 4) is 17.2 Å². The van der Waals surface area contributed by atoms with Crippen LogP contribution in [0, 0.1) is 42.4 Å². The Hall–Kier alpha value is -5.40. The third kappa shape index (κ3) is 11.4. The highest BCUT2D eigenvalue weighted by atomic mass is 16.7. The Bertz CT molecular complexity index is 2780. The fourth-order valence-electron chi connectivity index (χ4n) is 12.1. The van der Waals surface area contributed by atoms with E-state index in [2.05, 4.69) is 34.0 Å². The summed E-state index contributed by atoms with van der Waals surface area (Å²) in [4.78, 5) is 70.6. The number of rotatable bonds is 8. The zero-order valence-electron chi connectivity index (χ0n) is 46.1. The first-order valence-corrected chi connectivity index (χ1v) is 26.8. The first kappa shape index (κ1) is 55.8. The molecule has 3 N–H and O–H groups in total. The van der Waals surface area contributed by atoms with Crippen molar-refractivity contribution in [1.82, 2.24) is 9.80 Å². The van der Waals surface area contributed by atoms with E-state index in [0.717, 1.165) is 45.6 Å². The number of piperidine rings is 2. The summed E-state index contributed by atoms with van der Waals surface area (Å²) in [5, 5.41) is 28.1. The molecule has 2 aromatic rings. The van der Waals surface area contributed by atoms with E-state index < -0.39 is 89.3 Å². The molecule has 2 aromatic carbocycles. The largest absolute Gasteiger partial charge is 0.507 e. The molecule has 0 aliphatic carbocycles. The van der Waals surface area contributed by atoms with Crippen molar-refractivity contribution < 1.29 is 62.5 Å². The number of anilines is 1. The number of methoxy groups -OCH3 is 1. The first-order valence-electron chi connectivity index (χ1n) is 26.8. The molecule has 0 radical (unpaired) electrons. The van der Waals surface area contributed by atoms with E-state index in [1.807, 2.05) is 54.7 Å². The second kappa shape index (κ2) is 21.9. The topological polar surface area (TPSA) is 217 Å². The van der Waals surface area contributed by atoms with E-state index in [1.165, 1.54) is 20.3 Å². The summed E-state index contributed by atoms with van der Waals surface area (Å²) in [6.45, 7) is 24.9. The maximum Gasteiger partial charge on any atom is 0.317 e. The number of esters is 2. The fourth-order valence-corrected chi connectivity index (χ4v) is 12.1. The van der Waals surface area contributed by atoms with Gasteiger partial charge in [0.25, 0.3) is 11.7 Å². The normalized spacial score (nSPS) is 32.6. The smallest absolute Gasteiger partial charge is 0.317 e. The molecule has 3 fully saturated rings. The molecule has 18 nitrogen and oxygen atoms in total. The van der Waals surface area contributed by atoms with Gasteiger partial charge >= 0.3 is 17.7 Å². The van der Waals surface area contributed by atoms with E-state index in [0.29, 0.717) is 24.4 Å². The van der Waals surface area contributed by atoms with Gasteiger partial charge in [-0.1, -0.05) is 59.8 Å². The molecule has 1 spiro atoms. The molecule has 410 valence electrons. The van der Waals surface area contributed by atoms with Crippen LogP contribution in [-0.2, 0) is 42.8 Å². The zero-order chi connectivity index (χ0) is 54.5. The molecule has 1 amide bonds. The summed E-state index contributed by atoms with van der Waals surface area (Å²) >= 11 is 0. The van der Waals surface area contributed by atoms with Gasteiger partial charge in [-0.3, -0.25) is 24.2 Å². The Labute approximate surface area is 440 Å². The number of hydrogen-bond acceptors (Lipinski definition) is 17. The van der Waals surface area contributed by atoms with Gasteiger partial charge in [-0.05, 0) is 66.1 Å². The van der Waals surface area contributed by atoms with E-state index in [-0.39, 0.29) is 74.0 Å². The van der Waals surface area contributed by atoms with Crippen molar-refractivity contribution in [2.45, 2.75) is 150 Å². The second-order valence-electron chi connectivity index (χ2n) is 23.1. The lowest BCUT2D eigenvalue weighted by Gasteiger charge is -2.50. The molecule has 75 heavy (non-hydrogen) atoms. The van der Waals surface area contributed by atoms with Gasteiger partial charge in [0.1, 0.15) is 40.4 Å². The molecule has 7 aliphatic heterocycles. The molecule has 7 aliphatic rings. The number of amides is 1. The van der Waals surface area contributed by atoms with Crippen LogP contribution in [0.4, 0.5) is 5.69 Å². The van der Waals surface area contributed by atoms with Gasteiger partial charge in [-0.15, -0.1) is 0 Å². The molecule has 3 saturated heterocycles. The van der Waals surface area contributed by atoms with E-state index in [4.69, 9.17) is 38.2 Å². The number of allylic oxidation sites excluding steroid dienone is 2. The Balaban J connectivity index is 1.20. The summed E-state index contributed by atoms with van der Waals surface area (Å²) in [6.07, 6.45) is 8.12. The summed E-state index contributed by atoms with van der Waals surface area (Å²) in [5.41, 5.74) is -0.0654. The third-order valence-corrected chi connectivity index (χ3v) is 16.1. The summed E-state index contributed by atoms with van der Waals surface area (Å²) in [7, 11) is 3.54. The van der Waals surface area contributed by atoms with Crippen LogP contribution in [0.5, 0.6) is 17.2 Å². The van der Waals surface area contributed by atoms with E-state index >= 15 is 4.79 Å². The van der Waals surface area contributed by atoms with Gasteiger partial charge < -0.3 is 58.5 Å². The van der Waals surface area contributed by atoms with Crippen molar-refractivity contribution in [2.24, 2.45) is 45.5 Å². The molecule has 7 heterocycles. The van der Waals surface area contributed by atoms with Gasteiger partial charge in [0, 0.05) is 99.2 Å². The number of carbonyl (C=O) groups excluding carboxylic acids is 4.